The van der Waals surface area contributed by atoms with E-state index >= 15 is 0 Å². The molecule has 1 aromatic rings. The van der Waals surface area contributed by atoms with Gasteiger partial charge in [-0.05, 0) is 18.6 Å². The number of nitrogens with one attached hydrogen (secondary N) is 1. The topological polar surface area (TPSA) is 86.3 Å². The van der Waals surface area contributed by atoms with E-state index in [1.165, 1.54) is 18.2 Å². The Morgan fingerprint density at radius 1 is 1.35 bits per heavy atom. The molecule has 0 radical (unpaired) electrons. The largest absolute Gasteiger partial charge is 0.744 e. The van der Waals surface area contributed by atoms with E-state index in [4.69, 9.17) is 0 Å². The Morgan fingerprint density at radius 2 is 1.94 bits per heavy atom. The van der Waals surface area contributed by atoms with Crippen molar-refractivity contribution in [3.8, 4) is 0 Å². The summed E-state index contributed by atoms with van der Waals surface area (Å²) < 4.78 is 32.7. The van der Waals surface area contributed by atoms with Gasteiger partial charge in [-0.15, -0.1) is 0 Å². The molecule has 0 aromatic heterocycles. The highest BCUT2D eigenvalue weighted by molar-refractivity contribution is 7.85. The van der Waals surface area contributed by atoms with Crippen LogP contribution in [-0.2, 0) is 10.1 Å². The maximum atomic E-state index is 11.6. The zero-order valence-electron chi connectivity index (χ0n) is 8.76. The van der Waals surface area contributed by atoms with Crippen molar-refractivity contribution in [1.29, 1.82) is 0 Å². The van der Waals surface area contributed by atoms with Crippen molar-refractivity contribution in [1.82, 2.24) is 5.32 Å². The van der Waals surface area contributed by atoms with Gasteiger partial charge >= 0.3 is 0 Å². The van der Waals surface area contributed by atoms with Crippen LogP contribution in [-0.4, -0.2) is 25.4 Å². The van der Waals surface area contributed by atoms with Gasteiger partial charge in [0.1, 0.15) is 10.1 Å². The average Bonchev–Trinajstić information content (AvgIpc) is 2.24. The molecule has 0 aliphatic carbocycles. The molecule has 6 heteroatoms. The van der Waals surface area contributed by atoms with E-state index in [-0.39, 0.29) is 13.0 Å². The molecule has 0 aliphatic rings. The lowest BCUT2D eigenvalue weighted by Gasteiger charge is -2.12. The third-order valence-electron chi connectivity index (χ3n) is 1.94. The van der Waals surface area contributed by atoms with Gasteiger partial charge in [-0.25, -0.2) is 8.42 Å². The van der Waals surface area contributed by atoms with E-state index in [1.807, 2.05) is 6.92 Å². The minimum absolute atomic E-state index is 0. The molecule has 0 aliphatic heterocycles. The standard InChI is InChI=1S/C10H13NO4S.CH4/c1-2-7-11-10(12)8-5-3-4-6-9(8)16(13,14)15;/h3-6H,2,7H2,1H3,(H,11,12)(H,13,14,15);1H4/p-1. The van der Waals surface area contributed by atoms with Gasteiger partial charge in [-0.2, -0.15) is 0 Å². The highest BCUT2D eigenvalue weighted by Crippen LogP contribution is 2.14. The molecule has 0 fully saturated rings. The van der Waals surface area contributed by atoms with Crippen LogP contribution in [0.4, 0.5) is 0 Å². The minimum Gasteiger partial charge on any atom is -0.744 e. The molecule has 17 heavy (non-hydrogen) atoms. The number of carbonyl (C=O) groups is 1. The SMILES string of the molecule is C.CCCNC(=O)c1ccccc1S(=O)(=O)[O-]. The van der Waals surface area contributed by atoms with Crippen molar-refractivity contribution in [3.63, 3.8) is 0 Å². The number of rotatable bonds is 4. The first-order valence-corrected chi connectivity index (χ1v) is 6.20. The number of benzene rings is 1. The fraction of sp³-hybridized carbons (Fsp3) is 0.364. The molecular formula is C11H16NO4S-. The smallest absolute Gasteiger partial charge is 0.252 e. The highest BCUT2D eigenvalue weighted by atomic mass is 32.2. The van der Waals surface area contributed by atoms with Gasteiger partial charge in [0.2, 0.25) is 0 Å². The molecule has 0 saturated heterocycles. The Kier molecular flexibility index (Phi) is 5.84. The van der Waals surface area contributed by atoms with Gasteiger partial charge in [0.25, 0.3) is 5.91 Å². The quantitative estimate of drug-likeness (QED) is 0.826. The van der Waals surface area contributed by atoms with Crippen LogP contribution in [0.25, 0.3) is 0 Å². The zero-order valence-corrected chi connectivity index (χ0v) is 9.58. The van der Waals surface area contributed by atoms with Gasteiger partial charge in [0.05, 0.1) is 10.5 Å². The average molecular weight is 258 g/mol. The Bertz CT molecular complexity index is 482. The Balaban J connectivity index is 0.00000256. The fourth-order valence-corrected chi connectivity index (χ4v) is 1.88. The summed E-state index contributed by atoms with van der Waals surface area (Å²) in [6, 6.07) is 5.36. The van der Waals surface area contributed by atoms with Crippen LogP contribution in [0.3, 0.4) is 0 Å². The number of hydrogen-bond acceptors (Lipinski definition) is 4. The summed E-state index contributed by atoms with van der Waals surface area (Å²) in [6.07, 6.45) is 0.734. The second-order valence-electron chi connectivity index (χ2n) is 3.21. The molecule has 0 heterocycles. The summed E-state index contributed by atoms with van der Waals surface area (Å²) in [7, 11) is -4.61. The third-order valence-corrected chi connectivity index (χ3v) is 2.83. The molecule has 0 saturated carbocycles. The molecule has 0 unspecified atom stereocenters. The summed E-state index contributed by atoms with van der Waals surface area (Å²) in [6.45, 7) is 2.31. The van der Waals surface area contributed by atoms with Crippen molar-refractivity contribution in [2.75, 3.05) is 6.54 Å². The lowest BCUT2D eigenvalue weighted by atomic mass is 10.2. The van der Waals surface area contributed by atoms with Gasteiger partial charge in [0.15, 0.2) is 0 Å². The van der Waals surface area contributed by atoms with Crippen LogP contribution in [0.2, 0.25) is 0 Å². The second kappa shape index (κ2) is 6.36. The lowest BCUT2D eigenvalue weighted by molar-refractivity contribution is 0.0950. The molecule has 1 N–H and O–H groups in total. The van der Waals surface area contributed by atoms with Crippen molar-refractivity contribution in [3.05, 3.63) is 29.8 Å². The first-order valence-electron chi connectivity index (χ1n) is 4.80. The van der Waals surface area contributed by atoms with Crippen LogP contribution in [0, 0.1) is 0 Å². The van der Waals surface area contributed by atoms with Crippen LogP contribution >= 0.6 is 0 Å². The summed E-state index contributed by atoms with van der Waals surface area (Å²) in [5, 5.41) is 2.52. The summed E-state index contributed by atoms with van der Waals surface area (Å²) >= 11 is 0. The van der Waals surface area contributed by atoms with Crippen LogP contribution in [0.15, 0.2) is 29.2 Å². The van der Waals surface area contributed by atoms with E-state index in [0.29, 0.717) is 6.54 Å². The van der Waals surface area contributed by atoms with Gasteiger partial charge in [-0.1, -0.05) is 26.5 Å². The van der Waals surface area contributed by atoms with Gasteiger partial charge < -0.3 is 9.87 Å². The van der Waals surface area contributed by atoms with E-state index in [2.05, 4.69) is 5.32 Å². The third kappa shape index (κ3) is 4.16. The van der Waals surface area contributed by atoms with E-state index in [1.54, 1.807) is 0 Å². The Labute approximate surface area is 102 Å². The number of carbonyl (C=O) groups excluding carboxylic acids is 1. The normalized spacial score (nSPS) is 10.5. The molecule has 1 aromatic carbocycles. The van der Waals surface area contributed by atoms with E-state index in [9.17, 15) is 17.8 Å². The lowest BCUT2D eigenvalue weighted by Crippen LogP contribution is -2.25. The van der Waals surface area contributed by atoms with Crippen LogP contribution in [0.5, 0.6) is 0 Å². The monoisotopic (exact) mass is 258 g/mol. The first kappa shape index (κ1) is 15.6. The number of amides is 1. The molecule has 0 spiro atoms. The van der Waals surface area contributed by atoms with Crippen molar-refractivity contribution < 1.29 is 17.8 Å². The van der Waals surface area contributed by atoms with Gasteiger partial charge in [-0.3, -0.25) is 4.79 Å². The van der Waals surface area contributed by atoms with Crippen molar-refractivity contribution >= 4 is 16.0 Å². The molecule has 0 atom stereocenters. The predicted octanol–water partition coefficient (Wildman–Crippen LogP) is 1.37. The van der Waals surface area contributed by atoms with Crippen molar-refractivity contribution in [2.24, 2.45) is 0 Å². The second-order valence-corrected chi connectivity index (χ2v) is 4.55. The molecular weight excluding hydrogens is 242 g/mol. The minimum atomic E-state index is -4.61. The molecule has 0 bridgehead atoms. The summed E-state index contributed by atoms with van der Waals surface area (Å²) in [4.78, 5) is 11.1. The molecule has 1 amide bonds. The maximum absolute atomic E-state index is 11.6. The molecule has 96 valence electrons. The number of hydrogen-bond donors (Lipinski definition) is 1. The summed E-state index contributed by atoms with van der Waals surface area (Å²) in [5.74, 6) is -0.545. The van der Waals surface area contributed by atoms with E-state index in [0.717, 1.165) is 12.5 Å². The highest BCUT2D eigenvalue weighted by Gasteiger charge is 2.14. The van der Waals surface area contributed by atoms with Crippen LogP contribution < -0.4 is 5.32 Å². The Hall–Kier alpha value is -1.40. The summed E-state index contributed by atoms with van der Waals surface area (Å²) in [5.41, 5.74) is -0.106. The zero-order chi connectivity index (χ0) is 12.2. The first-order chi connectivity index (χ1) is 7.46. The maximum Gasteiger partial charge on any atom is 0.252 e. The fourth-order valence-electron chi connectivity index (χ4n) is 1.21. The Morgan fingerprint density at radius 3 is 2.47 bits per heavy atom. The molecule has 1 rings (SSSR count). The molecule has 5 nitrogen and oxygen atoms in total. The van der Waals surface area contributed by atoms with Crippen molar-refractivity contribution in [2.45, 2.75) is 25.7 Å². The van der Waals surface area contributed by atoms with Crippen LogP contribution in [0.1, 0.15) is 31.1 Å². The van der Waals surface area contributed by atoms with Gasteiger partial charge in [0, 0.05) is 6.54 Å². The van der Waals surface area contributed by atoms with E-state index < -0.39 is 20.9 Å². The predicted molar refractivity (Wildman–Crippen MR) is 63.8 cm³/mol.